The van der Waals surface area contributed by atoms with Crippen molar-refractivity contribution >= 4 is 27.9 Å². The van der Waals surface area contributed by atoms with Crippen LogP contribution in [0.15, 0.2) is 65.2 Å². The molecular weight excluding hydrogens is 338 g/mol. The molecule has 2 aromatic carbocycles. The lowest BCUT2D eigenvalue weighted by atomic mass is 9.96. The number of piperidine rings is 1. The number of amides is 1. The van der Waals surface area contributed by atoms with Crippen molar-refractivity contribution in [3.63, 3.8) is 0 Å². The van der Waals surface area contributed by atoms with Crippen molar-refractivity contribution in [1.29, 1.82) is 0 Å². The minimum Gasteiger partial charge on any atom is -0.440 e. The van der Waals surface area contributed by atoms with Gasteiger partial charge in [0.15, 0.2) is 11.5 Å². The van der Waals surface area contributed by atoms with Crippen LogP contribution in [0.1, 0.15) is 35.0 Å². The molecule has 1 fully saturated rings. The van der Waals surface area contributed by atoms with Crippen molar-refractivity contribution in [2.45, 2.75) is 18.8 Å². The van der Waals surface area contributed by atoms with E-state index >= 15 is 0 Å². The summed E-state index contributed by atoms with van der Waals surface area (Å²) in [6.45, 7) is 1.41. The first-order valence-corrected chi connectivity index (χ1v) is 9.28. The van der Waals surface area contributed by atoms with Gasteiger partial charge < -0.3 is 9.32 Å². The molecule has 4 aromatic rings. The average Bonchev–Trinajstić information content (AvgIpc) is 3.17. The van der Waals surface area contributed by atoms with Crippen molar-refractivity contribution in [1.82, 2.24) is 14.9 Å². The standard InChI is InChI=1S/C22H19N3O2/c26-22(17-9-12-23-18-6-2-1-5-16(17)18)25-13-10-15(11-14-25)21-24-19-7-3-4-8-20(19)27-21/h1-9,12,15H,10-11,13-14H2. The summed E-state index contributed by atoms with van der Waals surface area (Å²) in [5.41, 5.74) is 3.30. The van der Waals surface area contributed by atoms with Gasteiger partial charge in [0.05, 0.1) is 11.1 Å². The largest absolute Gasteiger partial charge is 0.440 e. The molecule has 0 N–H and O–H groups in total. The van der Waals surface area contributed by atoms with Crippen LogP contribution in [-0.4, -0.2) is 33.9 Å². The number of hydrogen-bond acceptors (Lipinski definition) is 4. The normalized spacial score (nSPS) is 15.5. The van der Waals surface area contributed by atoms with E-state index in [4.69, 9.17) is 4.42 Å². The van der Waals surface area contributed by atoms with Gasteiger partial charge in [-0.05, 0) is 37.1 Å². The Morgan fingerprint density at radius 3 is 2.52 bits per heavy atom. The molecule has 0 aliphatic carbocycles. The Kier molecular flexibility index (Phi) is 3.85. The highest BCUT2D eigenvalue weighted by atomic mass is 16.3. The van der Waals surface area contributed by atoms with Gasteiger partial charge in [0.25, 0.3) is 5.91 Å². The number of oxazole rings is 1. The molecule has 0 atom stereocenters. The lowest BCUT2D eigenvalue weighted by molar-refractivity contribution is 0.0708. The fourth-order valence-electron chi connectivity index (χ4n) is 3.85. The van der Waals surface area contributed by atoms with Crippen LogP contribution in [0.5, 0.6) is 0 Å². The van der Waals surface area contributed by atoms with Gasteiger partial charge in [0, 0.05) is 30.6 Å². The van der Waals surface area contributed by atoms with E-state index in [1.165, 1.54) is 0 Å². The SMILES string of the molecule is O=C(c1ccnc2ccccc12)N1CCC(c2nc3ccccc3o2)CC1. The third-order valence-electron chi connectivity index (χ3n) is 5.32. The van der Waals surface area contributed by atoms with Gasteiger partial charge in [0.2, 0.25) is 0 Å². The second-order valence-corrected chi connectivity index (χ2v) is 6.96. The number of benzene rings is 2. The Labute approximate surface area is 156 Å². The topological polar surface area (TPSA) is 59.2 Å². The van der Waals surface area contributed by atoms with E-state index in [1.807, 2.05) is 59.5 Å². The summed E-state index contributed by atoms with van der Waals surface area (Å²) in [7, 11) is 0. The zero-order chi connectivity index (χ0) is 18.2. The molecule has 3 heterocycles. The summed E-state index contributed by atoms with van der Waals surface area (Å²) in [5, 5.41) is 0.908. The molecule has 1 aliphatic rings. The third kappa shape index (κ3) is 2.85. The highest BCUT2D eigenvalue weighted by Gasteiger charge is 2.28. The molecule has 0 saturated carbocycles. The summed E-state index contributed by atoms with van der Waals surface area (Å²) < 4.78 is 5.92. The number of carbonyl (C=O) groups is 1. The minimum atomic E-state index is 0.0737. The summed E-state index contributed by atoms with van der Waals surface area (Å²) in [6, 6.07) is 17.4. The third-order valence-corrected chi connectivity index (χ3v) is 5.32. The number of para-hydroxylation sites is 3. The van der Waals surface area contributed by atoms with Gasteiger partial charge >= 0.3 is 0 Å². The van der Waals surface area contributed by atoms with Crippen molar-refractivity contribution in [2.75, 3.05) is 13.1 Å². The first-order valence-electron chi connectivity index (χ1n) is 9.28. The Hall–Kier alpha value is -3.21. The van der Waals surface area contributed by atoms with E-state index in [9.17, 15) is 4.79 Å². The molecule has 0 unspecified atom stereocenters. The van der Waals surface area contributed by atoms with Crippen molar-refractivity contribution in [3.05, 3.63) is 72.2 Å². The van der Waals surface area contributed by atoms with Crippen LogP contribution in [0.2, 0.25) is 0 Å². The first kappa shape index (κ1) is 16.0. The van der Waals surface area contributed by atoms with E-state index in [1.54, 1.807) is 6.20 Å². The number of hydrogen-bond donors (Lipinski definition) is 0. The van der Waals surface area contributed by atoms with E-state index < -0.39 is 0 Å². The Bertz CT molecular complexity index is 1090. The van der Waals surface area contributed by atoms with Gasteiger partial charge in [-0.3, -0.25) is 9.78 Å². The number of rotatable bonds is 2. The molecule has 0 bridgehead atoms. The molecule has 5 heteroatoms. The number of aromatic nitrogens is 2. The molecule has 1 saturated heterocycles. The molecule has 5 rings (SSSR count). The van der Waals surface area contributed by atoms with Crippen molar-refractivity contribution in [3.8, 4) is 0 Å². The van der Waals surface area contributed by atoms with Gasteiger partial charge in [-0.1, -0.05) is 30.3 Å². The fraction of sp³-hybridized carbons (Fsp3) is 0.227. The van der Waals surface area contributed by atoms with Crippen molar-refractivity contribution in [2.24, 2.45) is 0 Å². The summed E-state index contributed by atoms with van der Waals surface area (Å²) >= 11 is 0. The van der Waals surface area contributed by atoms with Gasteiger partial charge in [-0.15, -0.1) is 0 Å². The maximum atomic E-state index is 13.1. The predicted molar refractivity (Wildman–Crippen MR) is 104 cm³/mol. The number of likely N-dealkylation sites (tertiary alicyclic amines) is 1. The Balaban J connectivity index is 1.34. The fourth-order valence-corrected chi connectivity index (χ4v) is 3.85. The quantitative estimate of drug-likeness (QED) is 0.534. The molecule has 2 aromatic heterocycles. The predicted octanol–water partition coefficient (Wildman–Crippen LogP) is 4.40. The molecular formula is C22H19N3O2. The van der Waals surface area contributed by atoms with Gasteiger partial charge in [-0.2, -0.15) is 0 Å². The lowest BCUT2D eigenvalue weighted by Crippen LogP contribution is -2.38. The molecule has 0 spiro atoms. The van der Waals surface area contributed by atoms with E-state index in [-0.39, 0.29) is 11.8 Å². The van der Waals surface area contributed by atoms with Crippen LogP contribution in [0, 0.1) is 0 Å². The molecule has 27 heavy (non-hydrogen) atoms. The van der Waals surface area contributed by atoms with Crippen LogP contribution >= 0.6 is 0 Å². The van der Waals surface area contributed by atoms with E-state index in [0.29, 0.717) is 13.1 Å². The summed E-state index contributed by atoms with van der Waals surface area (Å²) in [6.07, 6.45) is 3.43. The number of nitrogens with zero attached hydrogens (tertiary/aromatic N) is 3. The Morgan fingerprint density at radius 2 is 1.70 bits per heavy atom. The molecule has 134 valence electrons. The molecule has 5 nitrogen and oxygen atoms in total. The second-order valence-electron chi connectivity index (χ2n) is 6.96. The Morgan fingerprint density at radius 1 is 0.963 bits per heavy atom. The highest BCUT2D eigenvalue weighted by Crippen LogP contribution is 2.31. The van der Waals surface area contributed by atoms with Gasteiger partial charge in [-0.25, -0.2) is 4.98 Å². The average molecular weight is 357 g/mol. The summed E-state index contributed by atoms with van der Waals surface area (Å²) in [5.74, 6) is 1.12. The molecule has 1 aliphatic heterocycles. The number of fused-ring (bicyclic) bond motifs is 2. The van der Waals surface area contributed by atoms with Crippen molar-refractivity contribution < 1.29 is 9.21 Å². The van der Waals surface area contributed by atoms with Crippen LogP contribution in [-0.2, 0) is 0 Å². The van der Waals surface area contributed by atoms with Crippen LogP contribution < -0.4 is 0 Å². The zero-order valence-corrected chi connectivity index (χ0v) is 14.8. The second kappa shape index (κ2) is 6.50. The monoisotopic (exact) mass is 357 g/mol. The maximum Gasteiger partial charge on any atom is 0.254 e. The molecule has 1 amide bonds. The lowest BCUT2D eigenvalue weighted by Gasteiger charge is -2.31. The zero-order valence-electron chi connectivity index (χ0n) is 14.8. The number of carbonyl (C=O) groups excluding carboxylic acids is 1. The molecule has 0 radical (unpaired) electrons. The van der Waals surface area contributed by atoms with E-state index in [2.05, 4.69) is 9.97 Å². The highest BCUT2D eigenvalue weighted by molar-refractivity contribution is 6.06. The number of pyridine rings is 1. The van der Waals surface area contributed by atoms with Gasteiger partial charge in [0.1, 0.15) is 5.52 Å². The maximum absolute atomic E-state index is 13.1. The first-order chi connectivity index (χ1) is 13.3. The summed E-state index contributed by atoms with van der Waals surface area (Å²) in [4.78, 5) is 24.0. The van der Waals surface area contributed by atoms with Crippen LogP contribution in [0.3, 0.4) is 0 Å². The smallest absolute Gasteiger partial charge is 0.254 e. The van der Waals surface area contributed by atoms with E-state index in [0.717, 1.165) is 46.3 Å². The van der Waals surface area contributed by atoms with Crippen LogP contribution in [0.4, 0.5) is 0 Å². The van der Waals surface area contributed by atoms with Crippen LogP contribution in [0.25, 0.3) is 22.0 Å². The minimum absolute atomic E-state index is 0.0737.